The predicted molar refractivity (Wildman–Crippen MR) is 88.5 cm³/mol. The highest BCUT2D eigenvalue weighted by atomic mass is 35.5. The number of halogens is 4. The Morgan fingerprint density at radius 3 is 2.84 bits per heavy atom. The number of aryl methyl sites for hydroxylation is 1. The van der Waals surface area contributed by atoms with Crippen LogP contribution in [0.2, 0.25) is 0 Å². The molecule has 25 heavy (non-hydrogen) atoms. The van der Waals surface area contributed by atoms with E-state index in [4.69, 9.17) is 16.3 Å². The van der Waals surface area contributed by atoms with Gasteiger partial charge in [0.15, 0.2) is 0 Å². The minimum atomic E-state index is -4.16. The Morgan fingerprint density at radius 1 is 1.32 bits per heavy atom. The molecule has 2 aliphatic rings. The van der Waals surface area contributed by atoms with Gasteiger partial charge in [0.05, 0.1) is 12.1 Å². The van der Waals surface area contributed by atoms with Crippen LogP contribution in [-0.4, -0.2) is 18.7 Å². The lowest BCUT2D eigenvalue weighted by Gasteiger charge is -2.41. The van der Waals surface area contributed by atoms with Crippen LogP contribution in [0, 0.1) is 0 Å². The van der Waals surface area contributed by atoms with Crippen LogP contribution < -0.4 is 10.1 Å². The molecule has 1 heterocycles. The number of fused-ring (bicyclic) bond motifs is 2. The van der Waals surface area contributed by atoms with Crippen LogP contribution in [0.1, 0.15) is 43.2 Å². The first-order valence-corrected chi connectivity index (χ1v) is 8.66. The Balaban J connectivity index is 1.72. The second-order valence-electron chi connectivity index (χ2n) is 6.58. The van der Waals surface area contributed by atoms with E-state index in [0.29, 0.717) is 17.2 Å². The summed E-state index contributed by atoms with van der Waals surface area (Å²) in [5.41, 5.74) is 1.57. The Kier molecular flexibility index (Phi) is 5.00. The smallest absolute Gasteiger partial charge is 0.389 e. The van der Waals surface area contributed by atoms with Gasteiger partial charge in [-0.1, -0.05) is 17.7 Å². The van der Waals surface area contributed by atoms with E-state index in [1.807, 2.05) is 12.1 Å². The van der Waals surface area contributed by atoms with Gasteiger partial charge in [-0.05, 0) is 48.9 Å². The second-order valence-corrected chi connectivity index (χ2v) is 7.06. The zero-order valence-electron chi connectivity index (χ0n) is 13.6. The molecular formula is C18H19ClF3NO2. The van der Waals surface area contributed by atoms with Gasteiger partial charge in [0, 0.05) is 23.9 Å². The quantitative estimate of drug-likeness (QED) is 0.784. The molecule has 1 aromatic rings. The summed E-state index contributed by atoms with van der Waals surface area (Å²) in [4.78, 5) is 11.9. The van der Waals surface area contributed by atoms with Crippen molar-refractivity contribution in [1.82, 2.24) is 5.32 Å². The molecule has 136 valence electrons. The van der Waals surface area contributed by atoms with Gasteiger partial charge in [0.25, 0.3) is 0 Å². The number of carbonyl (C=O) groups is 1. The molecule has 0 bridgehead atoms. The van der Waals surface area contributed by atoms with E-state index in [-0.39, 0.29) is 18.9 Å². The molecule has 0 fully saturated rings. The summed E-state index contributed by atoms with van der Waals surface area (Å²) in [5.74, 6) is 0.360. The minimum Gasteiger partial charge on any atom is -0.494 e. The highest BCUT2D eigenvalue weighted by Crippen LogP contribution is 2.43. The van der Waals surface area contributed by atoms with Gasteiger partial charge >= 0.3 is 6.18 Å². The maximum absolute atomic E-state index is 12.2. The van der Waals surface area contributed by atoms with Crippen molar-refractivity contribution < 1.29 is 22.7 Å². The van der Waals surface area contributed by atoms with E-state index in [2.05, 4.69) is 5.32 Å². The van der Waals surface area contributed by atoms with E-state index < -0.39 is 18.1 Å². The van der Waals surface area contributed by atoms with Gasteiger partial charge in [-0.25, -0.2) is 0 Å². The normalized spacial score (nSPS) is 23.0. The number of amides is 1. The zero-order chi connectivity index (χ0) is 18.1. The minimum absolute atomic E-state index is 0.0226. The topological polar surface area (TPSA) is 38.3 Å². The summed E-state index contributed by atoms with van der Waals surface area (Å²) in [5, 5.41) is 3.57. The fourth-order valence-corrected chi connectivity index (χ4v) is 3.95. The molecule has 1 amide bonds. The van der Waals surface area contributed by atoms with E-state index in [1.54, 1.807) is 6.07 Å². The van der Waals surface area contributed by atoms with E-state index >= 15 is 0 Å². The molecule has 3 rings (SSSR count). The third-order valence-corrected chi connectivity index (χ3v) is 4.88. The van der Waals surface area contributed by atoms with Crippen molar-refractivity contribution in [3.05, 3.63) is 40.4 Å². The average Bonchev–Trinajstić information content (AvgIpc) is 2.50. The summed E-state index contributed by atoms with van der Waals surface area (Å²) >= 11 is 6.14. The summed E-state index contributed by atoms with van der Waals surface area (Å²) < 4.78 is 42.0. The highest BCUT2D eigenvalue weighted by Gasteiger charge is 2.40. The molecular weight excluding hydrogens is 355 g/mol. The largest absolute Gasteiger partial charge is 0.494 e. The number of alkyl halides is 3. The Morgan fingerprint density at radius 2 is 2.12 bits per heavy atom. The lowest BCUT2D eigenvalue weighted by molar-refractivity contribution is -0.136. The molecule has 1 aliphatic carbocycles. The van der Waals surface area contributed by atoms with Gasteiger partial charge in [0.2, 0.25) is 5.91 Å². The molecule has 1 spiro atoms. The van der Waals surface area contributed by atoms with Gasteiger partial charge in [-0.15, -0.1) is 0 Å². The third kappa shape index (κ3) is 4.29. The van der Waals surface area contributed by atoms with Gasteiger partial charge in [0.1, 0.15) is 5.75 Å². The van der Waals surface area contributed by atoms with Crippen LogP contribution in [0.3, 0.4) is 0 Å². The summed E-state index contributed by atoms with van der Waals surface area (Å²) in [6, 6.07) is 5.50. The van der Waals surface area contributed by atoms with Crippen molar-refractivity contribution in [2.45, 2.75) is 50.2 Å². The molecule has 1 atom stereocenters. The predicted octanol–water partition coefficient (Wildman–Crippen LogP) is 4.58. The highest BCUT2D eigenvalue weighted by molar-refractivity contribution is 6.31. The third-order valence-electron chi connectivity index (χ3n) is 4.64. The van der Waals surface area contributed by atoms with Crippen LogP contribution in [0.5, 0.6) is 5.75 Å². The molecule has 1 aliphatic heterocycles. The van der Waals surface area contributed by atoms with E-state index in [1.165, 1.54) is 6.08 Å². The monoisotopic (exact) mass is 373 g/mol. The van der Waals surface area contributed by atoms with Crippen molar-refractivity contribution in [3.8, 4) is 5.75 Å². The molecule has 0 aromatic heterocycles. The first-order chi connectivity index (χ1) is 11.8. The fourth-order valence-electron chi connectivity index (χ4n) is 3.62. The lowest BCUT2D eigenvalue weighted by Crippen LogP contribution is -2.49. The Bertz CT molecular complexity index is 702. The molecule has 0 radical (unpaired) electrons. The van der Waals surface area contributed by atoms with Crippen molar-refractivity contribution in [3.63, 3.8) is 0 Å². The maximum atomic E-state index is 12.2. The van der Waals surface area contributed by atoms with Gasteiger partial charge < -0.3 is 10.1 Å². The van der Waals surface area contributed by atoms with Crippen LogP contribution in [0.15, 0.2) is 29.3 Å². The number of nitrogens with one attached hydrogen (secondary N) is 1. The molecule has 0 saturated heterocycles. The Hall–Kier alpha value is -1.69. The average molecular weight is 374 g/mol. The van der Waals surface area contributed by atoms with Crippen molar-refractivity contribution in [1.29, 1.82) is 0 Å². The summed E-state index contributed by atoms with van der Waals surface area (Å²) in [6.07, 6.45) is -0.570. The standard InChI is InChI=1S/C18H19ClF3NO2/c19-13-10-16(24)23-17(11-13)6-1-3-12-9-14(4-5-15(12)17)25-8-2-7-18(20,21)22/h4-5,9-10H,1-3,6-8,11H2,(H,23,24)/t17-/m0/s1. The van der Waals surface area contributed by atoms with Crippen molar-refractivity contribution >= 4 is 17.5 Å². The number of rotatable bonds is 4. The molecule has 7 heteroatoms. The maximum Gasteiger partial charge on any atom is 0.389 e. The lowest BCUT2D eigenvalue weighted by atomic mass is 9.73. The summed E-state index contributed by atoms with van der Waals surface area (Å²) in [6.45, 7) is 0.0226. The molecule has 1 N–H and O–H groups in total. The molecule has 0 saturated carbocycles. The molecule has 3 nitrogen and oxygen atoms in total. The van der Waals surface area contributed by atoms with Crippen LogP contribution >= 0.6 is 11.6 Å². The van der Waals surface area contributed by atoms with E-state index in [9.17, 15) is 18.0 Å². The first kappa shape index (κ1) is 18.1. The number of benzene rings is 1. The second kappa shape index (κ2) is 6.90. The Labute approximate surface area is 149 Å². The van der Waals surface area contributed by atoms with Crippen molar-refractivity contribution in [2.75, 3.05) is 6.61 Å². The van der Waals surface area contributed by atoms with Gasteiger partial charge in [-0.3, -0.25) is 4.79 Å². The summed E-state index contributed by atoms with van der Waals surface area (Å²) in [7, 11) is 0. The van der Waals surface area contributed by atoms with E-state index in [0.717, 1.165) is 30.4 Å². The SMILES string of the molecule is O=C1C=C(Cl)C[C@]2(CCCc3cc(OCCCC(F)(F)F)ccc32)N1. The number of ether oxygens (including phenoxy) is 1. The van der Waals surface area contributed by atoms with Crippen molar-refractivity contribution in [2.24, 2.45) is 0 Å². The first-order valence-electron chi connectivity index (χ1n) is 8.29. The number of carbonyl (C=O) groups excluding carboxylic acids is 1. The van der Waals surface area contributed by atoms with Crippen LogP contribution in [0.25, 0.3) is 0 Å². The fraction of sp³-hybridized carbons (Fsp3) is 0.500. The molecule has 1 aromatic carbocycles. The van der Waals surface area contributed by atoms with Crippen LogP contribution in [0.4, 0.5) is 13.2 Å². The van der Waals surface area contributed by atoms with Crippen LogP contribution in [-0.2, 0) is 16.8 Å². The number of hydrogen-bond donors (Lipinski definition) is 1. The molecule has 0 unspecified atom stereocenters. The number of hydrogen-bond acceptors (Lipinski definition) is 2. The zero-order valence-corrected chi connectivity index (χ0v) is 14.3. The van der Waals surface area contributed by atoms with Gasteiger partial charge in [-0.2, -0.15) is 13.2 Å².